The van der Waals surface area contributed by atoms with Crippen LogP contribution in [0.5, 0.6) is 0 Å². The number of aliphatic hydroxyl groups excluding tert-OH is 1. The quantitative estimate of drug-likeness (QED) is 0.736. The van der Waals surface area contributed by atoms with E-state index < -0.39 is 0 Å². The lowest BCUT2D eigenvalue weighted by Crippen LogP contribution is -2.43. The van der Waals surface area contributed by atoms with Gasteiger partial charge in [-0.3, -0.25) is 4.79 Å². The van der Waals surface area contributed by atoms with E-state index in [2.05, 4.69) is 9.97 Å². The largest absolute Gasteiger partial charge is 0.391 e. The highest BCUT2D eigenvalue weighted by Crippen LogP contribution is 2.20. The van der Waals surface area contributed by atoms with Crippen molar-refractivity contribution >= 4 is 12.2 Å². The third-order valence-corrected chi connectivity index (χ3v) is 3.00. The van der Waals surface area contributed by atoms with E-state index in [1.807, 2.05) is 11.8 Å². The van der Waals surface area contributed by atoms with Gasteiger partial charge in [0.15, 0.2) is 6.29 Å². The van der Waals surface area contributed by atoms with Crippen molar-refractivity contribution in [1.29, 1.82) is 0 Å². The summed E-state index contributed by atoms with van der Waals surface area (Å²) in [6, 6.07) is 0. The highest BCUT2D eigenvalue weighted by atomic mass is 16.3. The van der Waals surface area contributed by atoms with Crippen LogP contribution in [0.2, 0.25) is 0 Å². The monoisotopic (exact) mass is 221 g/mol. The first-order valence-electron chi connectivity index (χ1n) is 5.41. The molecule has 5 nitrogen and oxygen atoms in total. The Bertz CT molecular complexity index is 366. The molecule has 1 saturated heterocycles. The smallest absolute Gasteiger partial charge is 0.225 e. The second kappa shape index (κ2) is 4.57. The fourth-order valence-corrected chi connectivity index (χ4v) is 1.79. The first-order chi connectivity index (χ1) is 7.70. The molecule has 0 spiro atoms. The van der Waals surface area contributed by atoms with Gasteiger partial charge in [-0.15, -0.1) is 0 Å². The van der Waals surface area contributed by atoms with Crippen molar-refractivity contribution in [3.63, 3.8) is 0 Å². The molecule has 2 rings (SSSR count). The number of anilines is 1. The van der Waals surface area contributed by atoms with Gasteiger partial charge in [-0.05, 0) is 12.3 Å². The van der Waals surface area contributed by atoms with E-state index in [9.17, 15) is 9.90 Å². The fourth-order valence-electron chi connectivity index (χ4n) is 1.79. The molecule has 16 heavy (non-hydrogen) atoms. The molecule has 0 aliphatic carbocycles. The van der Waals surface area contributed by atoms with Crippen LogP contribution in [0.1, 0.15) is 23.7 Å². The average Bonchev–Trinajstić information content (AvgIpc) is 2.33. The highest BCUT2D eigenvalue weighted by Gasteiger charge is 2.25. The van der Waals surface area contributed by atoms with Gasteiger partial charge in [-0.1, -0.05) is 6.92 Å². The summed E-state index contributed by atoms with van der Waals surface area (Å²) >= 11 is 0. The summed E-state index contributed by atoms with van der Waals surface area (Å²) < 4.78 is 0. The standard InChI is InChI=1S/C11H15N3O2/c1-8-2-3-14(6-10(8)16)11-12-4-9(7-15)5-13-11/h4-5,7-8,10,16H,2-3,6H2,1H3. The van der Waals surface area contributed by atoms with Crippen LogP contribution in [0.15, 0.2) is 12.4 Å². The highest BCUT2D eigenvalue weighted by molar-refractivity contribution is 5.73. The van der Waals surface area contributed by atoms with Crippen LogP contribution in [0.4, 0.5) is 5.95 Å². The molecule has 2 atom stereocenters. The number of piperidine rings is 1. The maximum absolute atomic E-state index is 10.5. The molecule has 1 N–H and O–H groups in total. The Kier molecular flexibility index (Phi) is 3.14. The molecule has 2 heterocycles. The summed E-state index contributed by atoms with van der Waals surface area (Å²) in [5.41, 5.74) is 0.467. The Morgan fingerprint density at radius 2 is 2.19 bits per heavy atom. The molecule has 2 unspecified atom stereocenters. The van der Waals surface area contributed by atoms with Gasteiger partial charge in [-0.2, -0.15) is 0 Å². The number of rotatable bonds is 2. The predicted octanol–water partition coefficient (Wildman–Crippen LogP) is 0.496. The second-order valence-corrected chi connectivity index (χ2v) is 4.21. The zero-order chi connectivity index (χ0) is 11.5. The number of hydrogen-bond acceptors (Lipinski definition) is 5. The van der Waals surface area contributed by atoms with Crippen molar-refractivity contribution in [2.45, 2.75) is 19.4 Å². The van der Waals surface area contributed by atoms with Gasteiger partial charge < -0.3 is 10.0 Å². The van der Waals surface area contributed by atoms with Gasteiger partial charge in [0.2, 0.25) is 5.95 Å². The molecular weight excluding hydrogens is 206 g/mol. The number of carbonyl (C=O) groups excluding carboxylic acids is 1. The maximum atomic E-state index is 10.5. The van der Waals surface area contributed by atoms with Gasteiger partial charge in [-0.25, -0.2) is 9.97 Å². The number of aromatic nitrogens is 2. The predicted molar refractivity (Wildman–Crippen MR) is 59.4 cm³/mol. The number of aliphatic hydroxyl groups is 1. The lowest BCUT2D eigenvalue weighted by atomic mass is 9.96. The molecule has 0 bridgehead atoms. The lowest BCUT2D eigenvalue weighted by Gasteiger charge is -2.34. The fraction of sp³-hybridized carbons (Fsp3) is 0.545. The molecule has 1 aliphatic rings. The van der Waals surface area contributed by atoms with Crippen LogP contribution in [0.25, 0.3) is 0 Å². The minimum absolute atomic E-state index is 0.325. The zero-order valence-electron chi connectivity index (χ0n) is 9.21. The van der Waals surface area contributed by atoms with E-state index in [-0.39, 0.29) is 6.10 Å². The summed E-state index contributed by atoms with van der Waals surface area (Å²) in [5, 5.41) is 9.76. The Labute approximate surface area is 94.1 Å². The minimum Gasteiger partial charge on any atom is -0.391 e. The molecule has 1 aromatic heterocycles. The molecule has 0 saturated carbocycles. The van der Waals surface area contributed by atoms with Crippen molar-refractivity contribution in [2.75, 3.05) is 18.0 Å². The van der Waals surface area contributed by atoms with Gasteiger partial charge in [0.05, 0.1) is 11.7 Å². The number of carbonyl (C=O) groups is 1. The van der Waals surface area contributed by atoms with E-state index in [0.717, 1.165) is 19.3 Å². The number of hydrogen-bond donors (Lipinski definition) is 1. The Balaban J connectivity index is 2.09. The zero-order valence-corrected chi connectivity index (χ0v) is 9.21. The second-order valence-electron chi connectivity index (χ2n) is 4.21. The molecule has 0 radical (unpaired) electrons. The molecule has 0 aromatic carbocycles. The van der Waals surface area contributed by atoms with Gasteiger partial charge in [0, 0.05) is 25.5 Å². The van der Waals surface area contributed by atoms with Crippen molar-refractivity contribution in [3.8, 4) is 0 Å². The summed E-state index contributed by atoms with van der Waals surface area (Å²) in [7, 11) is 0. The average molecular weight is 221 g/mol. The SMILES string of the molecule is CC1CCN(c2ncc(C=O)cn2)CC1O. The van der Waals surface area contributed by atoms with Crippen molar-refractivity contribution in [2.24, 2.45) is 5.92 Å². The van der Waals surface area contributed by atoms with Crippen molar-refractivity contribution in [1.82, 2.24) is 9.97 Å². The normalized spacial score (nSPS) is 25.5. The molecule has 86 valence electrons. The summed E-state index contributed by atoms with van der Waals surface area (Å²) in [4.78, 5) is 20.6. The minimum atomic E-state index is -0.330. The Morgan fingerprint density at radius 3 is 2.75 bits per heavy atom. The number of aldehydes is 1. The molecule has 1 fully saturated rings. The van der Waals surface area contributed by atoms with Crippen molar-refractivity contribution in [3.05, 3.63) is 18.0 Å². The van der Waals surface area contributed by atoms with Crippen LogP contribution >= 0.6 is 0 Å². The van der Waals surface area contributed by atoms with E-state index in [1.54, 1.807) is 0 Å². The third kappa shape index (κ3) is 2.19. The van der Waals surface area contributed by atoms with Crippen LogP contribution in [-0.2, 0) is 0 Å². The van der Waals surface area contributed by atoms with Crippen LogP contribution in [-0.4, -0.2) is 40.6 Å². The molecule has 5 heteroatoms. The first-order valence-corrected chi connectivity index (χ1v) is 5.41. The summed E-state index contributed by atoms with van der Waals surface area (Å²) in [5.74, 6) is 0.905. The first kappa shape index (κ1) is 11.0. The van der Waals surface area contributed by atoms with Gasteiger partial charge in [0.1, 0.15) is 0 Å². The van der Waals surface area contributed by atoms with Gasteiger partial charge in [0.25, 0.3) is 0 Å². The Hall–Kier alpha value is -1.49. The van der Waals surface area contributed by atoms with E-state index in [1.165, 1.54) is 12.4 Å². The van der Waals surface area contributed by atoms with Crippen LogP contribution in [0, 0.1) is 5.92 Å². The van der Waals surface area contributed by atoms with E-state index in [0.29, 0.717) is 24.0 Å². The number of nitrogens with zero attached hydrogens (tertiary/aromatic N) is 3. The maximum Gasteiger partial charge on any atom is 0.225 e. The third-order valence-electron chi connectivity index (χ3n) is 3.00. The molecule has 0 amide bonds. The van der Waals surface area contributed by atoms with Crippen molar-refractivity contribution < 1.29 is 9.90 Å². The van der Waals surface area contributed by atoms with E-state index >= 15 is 0 Å². The molecular formula is C11H15N3O2. The van der Waals surface area contributed by atoms with E-state index in [4.69, 9.17) is 0 Å². The molecule has 1 aliphatic heterocycles. The summed E-state index contributed by atoms with van der Waals surface area (Å²) in [6.45, 7) is 3.44. The lowest BCUT2D eigenvalue weighted by molar-refractivity contribution is 0.102. The van der Waals surface area contributed by atoms with Crippen LogP contribution < -0.4 is 4.90 Å². The molecule has 1 aromatic rings. The van der Waals surface area contributed by atoms with Gasteiger partial charge >= 0.3 is 0 Å². The Morgan fingerprint density at radius 1 is 1.50 bits per heavy atom. The summed E-state index contributed by atoms with van der Waals surface area (Å²) in [6.07, 6.45) is 4.32. The number of β-amino-alcohol motifs (C(OH)–C–C–N with tert-alkyl or cyclic N) is 1. The van der Waals surface area contributed by atoms with Crippen LogP contribution in [0.3, 0.4) is 0 Å². The topological polar surface area (TPSA) is 66.3 Å².